The number of hydrogen-bond acceptors (Lipinski definition) is 4. The number of esters is 1. The number of hydrogen-bond donors (Lipinski definition) is 1. The maximum atomic E-state index is 12.0. The SMILES string of the molecule is CCOC(=O)c1c(=O)[nH]c2ccc(Br)cc2[n+]1[O-]. The first-order chi connectivity index (χ1) is 8.54. The van der Waals surface area contributed by atoms with Crippen molar-refractivity contribution in [1.82, 2.24) is 4.98 Å². The predicted molar refractivity (Wildman–Crippen MR) is 67.2 cm³/mol. The maximum Gasteiger partial charge on any atom is 0.411 e. The maximum absolute atomic E-state index is 12.0. The average Bonchev–Trinajstić information content (AvgIpc) is 2.31. The molecule has 0 saturated heterocycles. The lowest BCUT2D eigenvalue weighted by molar-refractivity contribution is -0.581. The van der Waals surface area contributed by atoms with Crippen LogP contribution in [0.15, 0.2) is 27.5 Å². The molecular formula is C11H9BrN2O4. The van der Waals surface area contributed by atoms with Crippen LogP contribution in [-0.4, -0.2) is 17.6 Å². The third-order valence-electron chi connectivity index (χ3n) is 2.31. The van der Waals surface area contributed by atoms with Gasteiger partial charge in [0.25, 0.3) is 0 Å². The Balaban J connectivity index is 2.75. The van der Waals surface area contributed by atoms with Crippen molar-refractivity contribution in [3.05, 3.63) is 43.9 Å². The van der Waals surface area contributed by atoms with Gasteiger partial charge in [0.2, 0.25) is 5.52 Å². The van der Waals surface area contributed by atoms with Crippen LogP contribution in [-0.2, 0) is 4.74 Å². The van der Waals surface area contributed by atoms with Crippen molar-refractivity contribution in [2.75, 3.05) is 6.61 Å². The first-order valence-corrected chi connectivity index (χ1v) is 5.96. The lowest BCUT2D eigenvalue weighted by Crippen LogP contribution is -2.43. The fraction of sp³-hybridized carbons (Fsp3) is 0.182. The number of nitrogens with one attached hydrogen (secondary N) is 1. The van der Waals surface area contributed by atoms with Gasteiger partial charge in [-0.1, -0.05) is 15.9 Å². The zero-order valence-corrected chi connectivity index (χ0v) is 11.0. The van der Waals surface area contributed by atoms with Gasteiger partial charge in [-0.05, 0) is 19.1 Å². The summed E-state index contributed by atoms with van der Waals surface area (Å²) in [6.45, 7) is 1.69. The average molecular weight is 313 g/mol. The van der Waals surface area contributed by atoms with Crippen LogP contribution >= 0.6 is 15.9 Å². The summed E-state index contributed by atoms with van der Waals surface area (Å²) in [5.74, 6) is -0.935. The highest BCUT2D eigenvalue weighted by Gasteiger charge is 2.25. The molecule has 0 spiro atoms. The van der Waals surface area contributed by atoms with Crippen LogP contribution in [0.2, 0.25) is 0 Å². The van der Waals surface area contributed by atoms with Gasteiger partial charge in [-0.2, -0.15) is 4.73 Å². The van der Waals surface area contributed by atoms with Crippen LogP contribution in [0.25, 0.3) is 11.0 Å². The number of H-pyrrole nitrogens is 1. The van der Waals surface area contributed by atoms with E-state index < -0.39 is 17.2 Å². The number of fused-ring (bicyclic) bond motifs is 1. The highest BCUT2D eigenvalue weighted by Crippen LogP contribution is 2.14. The second-order valence-corrected chi connectivity index (χ2v) is 4.39. The van der Waals surface area contributed by atoms with Crippen molar-refractivity contribution in [2.24, 2.45) is 0 Å². The number of aromatic nitrogens is 2. The molecule has 1 aromatic carbocycles. The normalized spacial score (nSPS) is 10.6. The molecule has 0 aliphatic carbocycles. The van der Waals surface area contributed by atoms with E-state index in [2.05, 4.69) is 25.7 Å². The molecule has 94 valence electrons. The lowest BCUT2D eigenvalue weighted by atomic mass is 10.3. The minimum atomic E-state index is -0.935. The van der Waals surface area contributed by atoms with Gasteiger partial charge in [0, 0.05) is 10.5 Å². The fourth-order valence-electron chi connectivity index (χ4n) is 1.55. The Morgan fingerprint density at radius 3 is 2.94 bits per heavy atom. The predicted octanol–water partition coefficient (Wildman–Crippen LogP) is 1.10. The summed E-state index contributed by atoms with van der Waals surface area (Å²) >= 11 is 3.22. The molecule has 0 aliphatic heterocycles. The van der Waals surface area contributed by atoms with Gasteiger partial charge in [-0.3, -0.25) is 4.79 Å². The summed E-state index contributed by atoms with van der Waals surface area (Å²) in [6.07, 6.45) is 0. The van der Waals surface area contributed by atoms with Crippen LogP contribution < -0.4 is 10.3 Å². The zero-order valence-electron chi connectivity index (χ0n) is 9.40. The van der Waals surface area contributed by atoms with E-state index in [1.807, 2.05) is 0 Å². The minimum Gasteiger partial charge on any atom is -0.617 e. The fourth-order valence-corrected chi connectivity index (χ4v) is 1.90. The van der Waals surface area contributed by atoms with Crippen molar-refractivity contribution in [2.45, 2.75) is 6.92 Å². The Bertz CT molecular complexity index is 681. The number of carbonyl (C=O) groups is 1. The summed E-state index contributed by atoms with van der Waals surface area (Å²) in [5.41, 5.74) is -0.793. The summed E-state index contributed by atoms with van der Waals surface area (Å²) in [6, 6.07) is 4.77. The largest absolute Gasteiger partial charge is 0.617 e. The summed E-state index contributed by atoms with van der Waals surface area (Å²) in [7, 11) is 0. The Morgan fingerprint density at radius 2 is 2.28 bits per heavy atom. The van der Waals surface area contributed by atoms with Gasteiger partial charge >= 0.3 is 17.2 Å². The van der Waals surface area contributed by atoms with E-state index >= 15 is 0 Å². The number of ether oxygens (including phenoxy) is 1. The van der Waals surface area contributed by atoms with Crippen LogP contribution in [0.1, 0.15) is 17.4 Å². The molecule has 0 saturated carbocycles. The highest BCUT2D eigenvalue weighted by atomic mass is 79.9. The van der Waals surface area contributed by atoms with Gasteiger partial charge in [0.05, 0.1) is 6.61 Å². The number of rotatable bonds is 2. The standard InChI is InChI=1S/C11H9BrN2O4/c1-2-18-11(16)9-10(15)13-7-4-3-6(12)5-8(7)14(9)17/h3-5H,2H2,1H3,(H,13,15). The van der Waals surface area contributed by atoms with Crippen molar-refractivity contribution >= 4 is 32.9 Å². The lowest BCUT2D eigenvalue weighted by Gasteiger charge is -2.06. The number of benzene rings is 1. The van der Waals surface area contributed by atoms with Crippen molar-refractivity contribution in [3.63, 3.8) is 0 Å². The first-order valence-electron chi connectivity index (χ1n) is 5.16. The van der Waals surface area contributed by atoms with E-state index in [0.717, 1.165) is 0 Å². The molecule has 0 radical (unpaired) electrons. The van der Waals surface area contributed by atoms with Gasteiger partial charge in [-0.15, -0.1) is 0 Å². The zero-order chi connectivity index (χ0) is 13.3. The van der Waals surface area contributed by atoms with Gasteiger partial charge in [0.15, 0.2) is 0 Å². The third-order valence-corrected chi connectivity index (χ3v) is 2.81. The molecule has 2 aromatic rings. The van der Waals surface area contributed by atoms with Crippen molar-refractivity contribution < 1.29 is 14.3 Å². The molecule has 2 rings (SSSR count). The monoisotopic (exact) mass is 312 g/mol. The molecular weight excluding hydrogens is 304 g/mol. The summed E-state index contributed by atoms with van der Waals surface area (Å²) < 4.78 is 5.63. The molecule has 0 atom stereocenters. The molecule has 18 heavy (non-hydrogen) atoms. The highest BCUT2D eigenvalue weighted by molar-refractivity contribution is 9.10. The molecule has 0 amide bonds. The quantitative estimate of drug-likeness (QED) is 0.511. The van der Waals surface area contributed by atoms with Crippen LogP contribution in [0.5, 0.6) is 0 Å². The Labute approximate surface area is 110 Å². The third kappa shape index (κ3) is 2.08. The van der Waals surface area contributed by atoms with Crippen molar-refractivity contribution in [3.8, 4) is 0 Å². The Kier molecular flexibility index (Phi) is 3.33. The molecule has 0 fully saturated rings. The molecule has 0 unspecified atom stereocenters. The van der Waals surface area contributed by atoms with E-state index in [0.29, 0.717) is 9.99 Å². The Morgan fingerprint density at radius 1 is 1.56 bits per heavy atom. The van der Waals surface area contributed by atoms with Crippen LogP contribution in [0.3, 0.4) is 0 Å². The smallest absolute Gasteiger partial charge is 0.411 e. The van der Waals surface area contributed by atoms with E-state index in [-0.39, 0.29) is 16.9 Å². The number of aromatic amines is 1. The molecule has 1 aromatic heterocycles. The van der Waals surface area contributed by atoms with Gasteiger partial charge in [0.1, 0.15) is 5.52 Å². The number of nitrogens with zero attached hydrogens (tertiary/aromatic N) is 1. The Hall–Kier alpha value is -1.89. The van der Waals surface area contributed by atoms with E-state index in [9.17, 15) is 14.8 Å². The molecule has 1 heterocycles. The number of halogens is 1. The second-order valence-electron chi connectivity index (χ2n) is 3.48. The van der Waals surface area contributed by atoms with E-state index in [1.165, 1.54) is 6.07 Å². The van der Waals surface area contributed by atoms with E-state index in [4.69, 9.17) is 0 Å². The van der Waals surface area contributed by atoms with Gasteiger partial charge < -0.3 is 14.9 Å². The number of carbonyl (C=O) groups excluding carboxylic acids is 1. The second kappa shape index (κ2) is 4.77. The molecule has 6 nitrogen and oxygen atoms in total. The molecule has 7 heteroatoms. The summed E-state index contributed by atoms with van der Waals surface area (Å²) in [5, 5.41) is 12.0. The van der Waals surface area contributed by atoms with E-state index in [1.54, 1.807) is 19.1 Å². The van der Waals surface area contributed by atoms with Crippen LogP contribution in [0, 0.1) is 5.21 Å². The molecule has 1 N–H and O–H groups in total. The van der Waals surface area contributed by atoms with Gasteiger partial charge in [-0.25, -0.2) is 4.79 Å². The molecule has 0 bridgehead atoms. The minimum absolute atomic E-state index is 0.0921. The summed E-state index contributed by atoms with van der Waals surface area (Å²) in [4.78, 5) is 25.7. The first kappa shape index (κ1) is 12.6. The molecule has 0 aliphatic rings. The topological polar surface area (TPSA) is 86.1 Å². The van der Waals surface area contributed by atoms with Crippen molar-refractivity contribution in [1.29, 1.82) is 0 Å². The van der Waals surface area contributed by atoms with Crippen LogP contribution in [0.4, 0.5) is 0 Å².